The second-order valence-electron chi connectivity index (χ2n) is 12.0. The summed E-state index contributed by atoms with van der Waals surface area (Å²) in [4.78, 5) is 40.6. The topological polar surface area (TPSA) is 173 Å². The van der Waals surface area contributed by atoms with Gasteiger partial charge in [0.2, 0.25) is 11.8 Å². The maximum atomic E-state index is 12.5. The molecule has 0 radical (unpaired) electrons. The number of anilines is 2. The van der Waals surface area contributed by atoms with E-state index in [-0.39, 0.29) is 36.2 Å². The molecule has 4 aromatic rings. The average Bonchev–Trinajstić information content (AvgIpc) is 3.14. The van der Waals surface area contributed by atoms with Crippen LogP contribution >= 0.6 is 11.8 Å². The molecule has 1 aliphatic heterocycles. The van der Waals surface area contributed by atoms with Crippen LogP contribution in [0.15, 0.2) is 96.2 Å². The maximum absolute atomic E-state index is 12.5. The Morgan fingerprint density at radius 3 is 2.26 bits per heavy atom. The minimum atomic E-state index is -1.03. The van der Waals surface area contributed by atoms with Crippen molar-refractivity contribution < 1.29 is 34.1 Å². The molecule has 0 spiro atoms. The molecule has 0 unspecified atom stereocenters. The lowest BCUT2D eigenvalue weighted by atomic mass is 10.0. The molecule has 0 aliphatic carbocycles. The summed E-state index contributed by atoms with van der Waals surface area (Å²) in [6.07, 6.45) is 3.77. The van der Waals surface area contributed by atoms with E-state index in [1.807, 2.05) is 60.7 Å². The highest BCUT2D eigenvalue weighted by Gasteiger charge is 2.32. The number of para-hydroxylation sites is 2. The average molecular weight is 699 g/mol. The number of thioether (sulfide) groups is 1. The number of aliphatic hydroxyl groups excluding tert-OH is 1. The largest absolute Gasteiger partial charge is 0.478 e. The molecule has 3 atom stereocenters. The van der Waals surface area contributed by atoms with Crippen molar-refractivity contribution in [3.63, 3.8) is 0 Å². The van der Waals surface area contributed by atoms with Gasteiger partial charge in [-0.05, 0) is 53.8 Å². The first-order chi connectivity index (χ1) is 24.3. The summed E-state index contributed by atoms with van der Waals surface area (Å²) in [6.45, 7) is 0.327. The van der Waals surface area contributed by atoms with Crippen molar-refractivity contribution >= 4 is 40.9 Å². The molecular formula is C38H42N4O7S. The number of carboxylic acid groups (broad SMARTS) is 1. The van der Waals surface area contributed by atoms with Gasteiger partial charge in [-0.2, -0.15) is 0 Å². The van der Waals surface area contributed by atoms with E-state index in [2.05, 4.69) is 15.6 Å². The van der Waals surface area contributed by atoms with Crippen molar-refractivity contribution in [2.45, 2.75) is 75.2 Å². The van der Waals surface area contributed by atoms with Crippen LogP contribution in [0, 0.1) is 0 Å². The summed E-state index contributed by atoms with van der Waals surface area (Å²) >= 11 is 1.34. The van der Waals surface area contributed by atoms with E-state index in [0.717, 1.165) is 28.7 Å². The first-order valence-corrected chi connectivity index (χ1v) is 17.6. The van der Waals surface area contributed by atoms with E-state index in [1.54, 1.807) is 24.4 Å². The number of carbonyl (C=O) groups is 3. The summed E-state index contributed by atoms with van der Waals surface area (Å²) in [7, 11) is 0. The molecule has 1 saturated heterocycles. The van der Waals surface area contributed by atoms with Crippen molar-refractivity contribution in [1.29, 1.82) is 0 Å². The lowest BCUT2D eigenvalue weighted by molar-refractivity contribution is -0.245. The first-order valence-electron chi connectivity index (χ1n) is 16.6. The van der Waals surface area contributed by atoms with E-state index in [0.29, 0.717) is 60.8 Å². The lowest BCUT2D eigenvalue weighted by Crippen LogP contribution is -2.31. The third-order valence-electron chi connectivity index (χ3n) is 8.31. The maximum Gasteiger partial charge on any atom is 0.338 e. The van der Waals surface area contributed by atoms with Gasteiger partial charge in [0.1, 0.15) is 5.03 Å². The molecule has 11 nitrogen and oxygen atoms in total. The second-order valence-corrected chi connectivity index (χ2v) is 13.0. The number of nitrogens with two attached hydrogens (primary N) is 1. The standard InChI is InChI=1S/C38H42N4O7S/c39-31-8-4-5-9-32(31)42-35(45)11-3-1-2-10-34(44)41-22-25-12-18-28(19-13-25)38-48-29(24-50-36-30(37(46)47)7-6-20-40-36)21-33(49-38)27-16-14-26(23-43)15-17-27/h4-9,12-20,29,33,38,43H,1-3,10-11,21-24,39H2,(H,41,44)(H,42,45)(H,46,47)/t29-,33+,38+/m1/s1. The van der Waals surface area contributed by atoms with Crippen molar-refractivity contribution in [2.75, 3.05) is 16.8 Å². The third-order valence-corrected chi connectivity index (χ3v) is 9.44. The van der Waals surface area contributed by atoms with Crippen molar-refractivity contribution in [3.05, 3.63) is 119 Å². The van der Waals surface area contributed by atoms with Gasteiger partial charge in [0.05, 0.1) is 35.8 Å². The number of aliphatic hydroxyl groups is 1. The van der Waals surface area contributed by atoms with Crippen LogP contribution in [0.2, 0.25) is 0 Å². The quantitative estimate of drug-likeness (QED) is 0.0501. The molecule has 2 heterocycles. The van der Waals surface area contributed by atoms with E-state index >= 15 is 0 Å². The van der Waals surface area contributed by atoms with Crippen LogP contribution in [-0.4, -0.2) is 44.8 Å². The zero-order chi connectivity index (χ0) is 35.3. The number of amides is 2. The molecule has 1 aliphatic rings. The highest BCUT2D eigenvalue weighted by molar-refractivity contribution is 7.99. The van der Waals surface area contributed by atoms with Gasteiger partial charge in [0, 0.05) is 43.3 Å². The zero-order valence-electron chi connectivity index (χ0n) is 27.6. The van der Waals surface area contributed by atoms with Gasteiger partial charge < -0.3 is 36.1 Å². The Labute approximate surface area is 295 Å². The van der Waals surface area contributed by atoms with E-state index in [4.69, 9.17) is 15.2 Å². The van der Waals surface area contributed by atoms with Crippen molar-refractivity contribution in [2.24, 2.45) is 0 Å². The summed E-state index contributed by atoms with van der Waals surface area (Å²) < 4.78 is 12.8. The molecular weight excluding hydrogens is 657 g/mol. The van der Waals surface area contributed by atoms with Gasteiger partial charge >= 0.3 is 5.97 Å². The normalized spacial score (nSPS) is 17.2. The molecule has 12 heteroatoms. The lowest BCUT2D eigenvalue weighted by Gasteiger charge is -2.36. The third kappa shape index (κ3) is 10.6. The molecule has 1 fully saturated rings. The molecule has 0 bridgehead atoms. The molecule has 6 N–H and O–H groups in total. The molecule has 1 aromatic heterocycles. The van der Waals surface area contributed by atoms with Crippen LogP contribution in [0.25, 0.3) is 0 Å². The second kappa shape index (κ2) is 18.3. The summed E-state index contributed by atoms with van der Waals surface area (Å²) in [5.74, 6) is -0.705. The number of pyridine rings is 1. The number of carbonyl (C=O) groups excluding carboxylic acids is 2. The van der Waals surface area contributed by atoms with Crippen LogP contribution in [0.4, 0.5) is 11.4 Å². The summed E-state index contributed by atoms with van der Waals surface area (Å²) in [5.41, 5.74) is 10.7. The number of rotatable bonds is 16. The smallest absolute Gasteiger partial charge is 0.338 e. The number of hydrogen-bond donors (Lipinski definition) is 5. The number of benzene rings is 3. The Balaban J connectivity index is 1.11. The predicted molar refractivity (Wildman–Crippen MR) is 191 cm³/mol. The molecule has 2 amide bonds. The minimum Gasteiger partial charge on any atom is -0.478 e. The number of aromatic nitrogens is 1. The molecule has 50 heavy (non-hydrogen) atoms. The SMILES string of the molecule is Nc1ccccc1NC(=O)CCCCCC(=O)NCc1ccc([C@H]2O[C@@H](CSc3ncccc3C(=O)O)C[C@@H](c3ccc(CO)cc3)O2)cc1. The van der Waals surface area contributed by atoms with Gasteiger partial charge in [-0.15, -0.1) is 11.8 Å². The number of unbranched alkanes of at least 4 members (excludes halogenated alkanes) is 2. The van der Waals surface area contributed by atoms with Crippen LogP contribution in [0.3, 0.4) is 0 Å². The number of carboxylic acids is 1. The molecule has 3 aromatic carbocycles. The van der Waals surface area contributed by atoms with E-state index < -0.39 is 12.3 Å². The summed E-state index contributed by atoms with van der Waals surface area (Å²) in [5, 5.41) is 25.3. The van der Waals surface area contributed by atoms with Crippen LogP contribution < -0.4 is 16.4 Å². The van der Waals surface area contributed by atoms with E-state index in [1.165, 1.54) is 17.8 Å². The number of nitrogens with zero attached hydrogens (tertiary/aromatic N) is 1. The monoisotopic (exact) mass is 698 g/mol. The van der Waals surface area contributed by atoms with Gasteiger partial charge in [-0.1, -0.05) is 67.1 Å². The van der Waals surface area contributed by atoms with Gasteiger partial charge in [0.15, 0.2) is 6.29 Å². The van der Waals surface area contributed by atoms with Crippen molar-refractivity contribution in [1.82, 2.24) is 10.3 Å². The molecule has 5 rings (SSSR count). The van der Waals surface area contributed by atoms with Gasteiger partial charge in [-0.3, -0.25) is 9.59 Å². The number of aromatic carboxylic acids is 1. The Bertz CT molecular complexity index is 1740. The fraction of sp³-hybridized carbons (Fsp3) is 0.316. The Kier molecular flexibility index (Phi) is 13.4. The van der Waals surface area contributed by atoms with Crippen LogP contribution in [-0.2, 0) is 32.2 Å². The Morgan fingerprint density at radius 1 is 0.840 bits per heavy atom. The van der Waals surface area contributed by atoms with Gasteiger partial charge in [-0.25, -0.2) is 9.78 Å². The molecule has 0 saturated carbocycles. The van der Waals surface area contributed by atoms with Crippen molar-refractivity contribution in [3.8, 4) is 0 Å². The fourth-order valence-corrected chi connectivity index (χ4v) is 6.52. The molecule has 262 valence electrons. The highest BCUT2D eigenvalue weighted by Crippen LogP contribution is 2.39. The highest BCUT2D eigenvalue weighted by atomic mass is 32.2. The Hall–Kier alpha value is -4.75. The number of nitrogen functional groups attached to an aromatic ring is 1. The number of ether oxygens (including phenoxy) is 2. The van der Waals surface area contributed by atoms with E-state index in [9.17, 15) is 24.6 Å². The van der Waals surface area contributed by atoms with Crippen LogP contribution in [0.1, 0.15) is 83.5 Å². The minimum absolute atomic E-state index is 0.0498. The number of nitrogens with one attached hydrogen (secondary N) is 2. The fourth-order valence-electron chi connectivity index (χ4n) is 5.52. The van der Waals surface area contributed by atoms with Gasteiger partial charge in [0.25, 0.3) is 0 Å². The predicted octanol–water partition coefficient (Wildman–Crippen LogP) is 6.40. The Morgan fingerprint density at radius 2 is 1.54 bits per heavy atom. The summed E-state index contributed by atoms with van der Waals surface area (Å²) in [6, 6.07) is 25.6. The zero-order valence-corrected chi connectivity index (χ0v) is 28.4. The first kappa shape index (κ1) is 36.5. The number of hydrogen-bond acceptors (Lipinski definition) is 9. The van der Waals surface area contributed by atoms with Crippen LogP contribution in [0.5, 0.6) is 0 Å².